The molecule has 0 atom stereocenters. The van der Waals surface area contributed by atoms with Crippen molar-refractivity contribution in [3.8, 4) is 29.0 Å². The number of pyridine rings is 1. The molecule has 2 N–H and O–H groups in total. The van der Waals surface area contributed by atoms with Crippen molar-refractivity contribution in [2.45, 2.75) is 17.4 Å². The van der Waals surface area contributed by atoms with E-state index in [0.717, 1.165) is 0 Å². The number of nitrogen functional groups attached to an aromatic ring is 1. The molecule has 0 amide bonds. The standard InChI is InChI=1S/C21H16F2N6O2S/c22-21(23)31-8-7-30-15-3-1-13(2-4-15)18-16(9-24)19(26)29-20(17(18)10-25)32-12-14-11-27-5-6-28-14/h1-6,11,21H,7-8,12H2,(H2,26,29). The number of nitrogens with zero attached hydrogens (tertiary/aromatic N) is 5. The number of aromatic nitrogens is 3. The highest BCUT2D eigenvalue weighted by Gasteiger charge is 2.20. The molecule has 0 spiro atoms. The van der Waals surface area contributed by atoms with Gasteiger partial charge in [-0.2, -0.15) is 19.3 Å². The van der Waals surface area contributed by atoms with Crippen LogP contribution in [-0.4, -0.2) is 34.8 Å². The minimum absolute atomic E-state index is 0.00706. The number of benzene rings is 1. The molecule has 1 aromatic carbocycles. The fourth-order valence-corrected chi connectivity index (χ4v) is 3.64. The summed E-state index contributed by atoms with van der Waals surface area (Å²) in [6.07, 6.45) is 4.73. The predicted octanol–water partition coefficient (Wildman–Crippen LogP) is 3.77. The van der Waals surface area contributed by atoms with Crippen molar-refractivity contribution in [2.24, 2.45) is 0 Å². The molecule has 0 unspecified atom stereocenters. The van der Waals surface area contributed by atoms with Crippen LogP contribution in [0, 0.1) is 22.7 Å². The molecule has 0 aliphatic carbocycles. The average Bonchev–Trinajstić information content (AvgIpc) is 2.81. The molecule has 32 heavy (non-hydrogen) atoms. The summed E-state index contributed by atoms with van der Waals surface area (Å²) in [5.74, 6) is 0.837. The van der Waals surface area contributed by atoms with Gasteiger partial charge in [0.15, 0.2) is 0 Å². The maximum atomic E-state index is 12.0. The van der Waals surface area contributed by atoms with Gasteiger partial charge >= 0.3 is 6.61 Å². The van der Waals surface area contributed by atoms with Gasteiger partial charge in [-0.15, -0.1) is 0 Å². The lowest BCUT2D eigenvalue weighted by Crippen LogP contribution is -2.09. The fraction of sp³-hybridized carbons (Fsp3) is 0.190. The van der Waals surface area contributed by atoms with Crippen molar-refractivity contribution < 1.29 is 18.3 Å². The van der Waals surface area contributed by atoms with E-state index < -0.39 is 6.61 Å². The molecule has 2 aromatic heterocycles. The van der Waals surface area contributed by atoms with Crippen LogP contribution < -0.4 is 10.5 Å². The Hall–Kier alpha value is -3.80. The van der Waals surface area contributed by atoms with E-state index in [9.17, 15) is 19.3 Å². The summed E-state index contributed by atoms with van der Waals surface area (Å²) in [6, 6.07) is 10.6. The van der Waals surface area contributed by atoms with Crippen LogP contribution in [0.1, 0.15) is 16.8 Å². The second kappa shape index (κ2) is 11.0. The van der Waals surface area contributed by atoms with E-state index >= 15 is 0 Å². The van der Waals surface area contributed by atoms with Crippen LogP contribution in [0.4, 0.5) is 14.6 Å². The molecule has 2 heterocycles. The largest absolute Gasteiger partial charge is 0.491 e. The van der Waals surface area contributed by atoms with E-state index in [0.29, 0.717) is 33.3 Å². The summed E-state index contributed by atoms with van der Waals surface area (Å²) in [5, 5.41) is 19.8. The number of alkyl halides is 2. The van der Waals surface area contributed by atoms with Gasteiger partial charge in [0, 0.05) is 29.9 Å². The number of nitriles is 2. The highest BCUT2D eigenvalue weighted by Crippen LogP contribution is 2.36. The van der Waals surface area contributed by atoms with Gasteiger partial charge in [0.2, 0.25) is 0 Å². The van der Waals surface area contributed by atoms with Crippen LogP contribution in [0.5, 0.6) is 5.75 Å². The van der Waals surface area contributed by atoms with Crippen molar-refractivity contribution in [2.75, 3.05) is 18.9 Å². The molecular formula is C21H16F2N6O2S. The lowest BCUT2D eigenvalue weighted by Gasteiger charge is -2.13. The molecule has 0 saturated heterocycles. The van der Waals surface area contributed by atoms with E-state index in [1.54, 1.807) is 42.9 Å². The highest BCUT2D eigenvalue weighted by molar-refractivity contribution is 7.98. The molecule has 11 heteroatoms. The predicted molar refractivity (Wildman–Crippen MR) is 113 cm³/mol. The minimum Gasteiger partial charge on any atom is -0.491 e. The molecule has 0 saturated carbocycles. The van der Waals surface area contributed by atoms with Crippen LogP contribution in [0.2, 0.25) is 0 Å². The maximum Gasteiger partial charge on any atom is 0.345 e. The third-order valence-electron chi connectivity index (χ3n) is 4.13. The minimum atomic E-state index is -2.85. The molecule has 0 aliphatic rings. The molecule has 0 fully saturated rings. The first-order valence-electron chi connectivity index (χ1n) is 9.17. The van der Waals surface area contributed by atoms with Crippen LogP contribution in [0.15, 0.2) is 47.9 Å². The highest BCUT2D eigenvalue weighted by atomic mass is 32.2. The Balaban J connectivity index is 1.88. The number of ether oxygens (including phenoxy) is 2. The van der Waals surface area contributed by atoms with Crippen molar-refractivity contribution in [1.82, 2.24) is 15.0 Å². The van der Waals surface area contributed by atoms with Crippen molar-refractivity contribution in [1.29, 1.82) is 10.5 Å². The Bertz CT molecular complexity index is 1150. The third kappa shape index (κ3) is 5.66. The van der Waals surface area contributed by atoms with Gasteiger partial charge < -0.3 is 15.2 Å². The topological polar surface area (TPSA) is 131 Å². The Morgan fingerprint density at radius 1 is 1.06 bits per heavy atom. The van der Waals surface area contributed by atoms with Crippen LogP contribution >= 0.6 is 11.8 Å². The molecular weight excluding hydrogens is 438 g/mol. The van der Waals surface area contributed by atoms with Crippen molar-refractivity contribution in [3.63, 3.8) is 0 Å². The SMILES string of the molecule is N#Cc1c(N)nc(SCc2cnccn2)c(C#N)c1-c1ccc(OCCOC(F)F)cc1. The first-order valence-corrected chi connectivity index (χ1v) is 10.2. The van der Waals surface area contributed by atoms with Gasteiger partial charge in [-0.05, 0) is 17.7 Å². The van der Waals surface area contributed by atoms with E-state index in [1.807, 2.05) is 6.07 Å². The van der Waals surface area contributed by atoms with Gasteiger partial charge in [-0.1, -0.05) is 23.9 Å². The number of thioether (sulfide) groups is 1. The molecule has 0 bridgehead atoms. The Labute approximate surface area is 186 Å². The monoisotopic (exact) mass is 454 g/mol. The van der Waals surface area contributed by atoms with Gasteiger partial charge in [0.05, 0.1) is 17.9 Å². The molecule has 162 valence electrons. The number of nitrogens with two attached hydrogens (primary N) is 1. The quantitative estimate of drug-likeness (QED) is 0.379. The van der Waals surface area contributed by atoms with Gasteiger partial charge in [0.1, 0.15) is 40.9 Å². The number of hydrogen-bond donors (Lipinski definition) is 1. The second-order valence-electron chi connectivity index (χ2n) is 6.14. The number of anilines is 1. The number of hydrogen-bond acceptors (Lipinski definition) is 9. The summed E-state index contributed by atoms with van der Waals surface area (Å²) < 4.78 is 33.5. The van der Waals surface area contributed by atoms with Crippen molar-refractivity contribution >= 4 is 17.6 Å². The molecule has 0 radical (unpaired) electrons. The van der Waals surface area contributed by atoms with E-state index in [2.05, 4.69) is 25.8 Å². The molecule has 3 rings (SSSR count). The Morgan fingerprint density at radius 3 is 2.44 bits per heavy atom. The smallest absolute Gasteiger partial charge is 0.345 e. The summed E-state index contributed by atoms with van der Waals surface area (Å²) in [7, 11) is 0. The van der Waals surface area contributed by atoms with E-state index in [4.69, 9.17) is 10.5 Å². The third-order valence-corrected chi connectivity index (χ3v) is 5.14. The number of halogens is 2. The summed E-state index contributed by atoms with van der Waals surface area (Å²) in [4.78, 5) is 12.4. The zero-order valence-electron chi connectivity index (χ0n) is 16.5. The summed E-state index contributed by atoms with van der Waals surface area (Å²) in [5.41, 5.74) is 7.93. The normalized spacial score (nSPS) is 10.5. The van der Waals surface area contributed by atoms with Gasteiger partial charge in [-0.25, -0.2) is 4.98 Å². The van der Waals surface area contributed by atoms with Gasteiger partial charge in [0.25, 0.3) is 0 Å². The second-order valence-corrected chi connectivity index (χ2v) is 7.10. The average molecular weight is 454 g/mol. The fourth-order valence-electron chi connectivity index (χ4n) is 2.75. The zero-order valence-corrected chi connectivity index (χ0v) is 17.4. The van der Waals surface area contributed by atoms with E-state index in [-0.39, 0.29) is 30.2 Å². The molecule has 3 aromatic rings. The summed E-state index contributed by atoms with van der Waals surface area (Å²) >= 11 is 1.26. The first kappa shape index (κ1) is 22.9. The maximum absolute atomic E-state index is 12.0. The van der Waals surface area contributed by atoms with Crippen LogP contribution in [-0.2, 0) is 10.5 Å². The van der Waals surface area contributed by atoms with Crippen LogP contribution in [0.3, 0.4) is 0 Å². The zero-order chi connectivity index (χ0) is 22.9. The molecule has 8 nitrogen and oxygen atoms in total. The molecule has 0 aliphatic heterocycles. The number of rotatable bonds is 9. The van der Waals surface area contributed by atoms with Crippen LogP contribution in [0.25, 0.3) is 11.1 Å². The summed E-state index contributed by atoms with van der Waals surface area (Å²) in [6.45, 7) is -3.17. The lowest BCUT2D eigenvalue weighted by atomic mass is 9.97. The van der Waals surface area contributed by atoms with Crippen molar-refractivity contribution in [3.05, 3.63) is 59.7 Å². The Kier molecular flexibility index (Phi) is 7.86. The van der Waals surface area contributed by atoms with Gasteiger partial charge in [-0.3, -0.25) is 9.97 Å². The first-order chi connectivity index (χ1) is 15.5. The Morgan fingerprint density at radius 2 is 1.81 bits per heavy atom. The lowest BCUT2D eigenvalue weighted by molar-refractivity contribution is -0.133. The van der Waals surface area contributed by atoms with E-state index in [1.165, 1.54) is 11.8 Å².